The standard InChI is InChI=1S/C17H25N3O4/c18-16(23)13-2-4-14(5-3-13)19-15(22)6-10-20-9-1-7-17(24,12-21)8-11-20/h2-5,21,24H,1,6-12H2,(H2,18,23)(H,19,22)/t17-/m1/s1. The SMILES string of the molecule is NC(=O)c1ccc(NC(=O)CCN2CCC[C@](O)(CO)CC2)cc1. The number of hydrogen-bond donors (Lipinski definition) is 4. The van der Waals surface area contributed by atoms with Gasteiger partial charge in [0.1, 0.15) is 0 Å². The van der Waals surface area contributed by atoms with Gasteiger partial charge in [0.05, 0.1) is 12.2 Å². The molecule has 1 aliphatic heterocycles. The number of aliphatic hydroxyl groups is 2. The third-order valence-electron chi connectivity index (χ3n) is 4.41. The molecule has 1 aliphatic rings. The van der Waals surface area contributed by atoms with Gasteiger partial charge in [0.2, 0.25) is 11.8 Å². The highest BCUT2D eigenvalue weighted by molar-refractivity contribution is 5.94. The fourth-order valence-corrected chi connectivity index (χ4v) is 2.82. The molecular formula is C17H25N3O4. The van der Waals surface area contributed by atoms with Crippen molar-refractivity contribution in [1.29, 1.82) is 0 Å². The van der Waals surface area contributed by atoms with Gasteiger partial charge in [-0.3, -0.25) is 9.59 Å². The van der Waals surface area contributed by atoms with Crippen LogP contribution in [0, 0.1) is 0 Å². The molecule has 132 valence electrons. The summed E-state index contributed by atoms with van der Waals surface area (Å²) in [4.78, 5) is 25.2. The summed E-state index contributed by atoms with van der Waals surface area (Å²) in [6.45, 7) is 1.86. The number of rotatable bonds is 6. The van der Waals surface area contributed by atoms with E-state index in [1.807, 2.05) is 0 Å². The maximum Gasteiger partial charge on any atom is 0.248 e. The predicted octanol–water partition coefficient (Wildman–Crippen LogP) is 0.323. The van der Waals surface area contributed by atoms with Crippen LogP contribution in [0.4, 0.5) is 5.69 Å². The van der Waals surface area contributed by atoms with Crippen LogP contribution in [0.3, 0.4) is 0 Å². The molecule has 2 amide bonds. The summed E-state index contributed by atoms with van der Waals surface area (Å²) in [6, 6.07) is 6.43. The topological polar surface area (TPSA) is 116 Å². The first-order valence-electron chi connectivity index (χ1n) is 8.17. The minimum atomic E-state index is -0.987. The molecular weight excluding hydrogens is 310 g/mol. The smallest absolute Gasteiger partial charge is 0.248 e. The fourth-order valence-electron chi connectivity index (χ4n) is 2.82. The van der Waals surface area contributed by atoms with Crippen LogP contribution in [0.2, 0.25) is 0 Å². The van der Waals surface area contributed by atoms with Crippen LogP contribution in [-0.2, 0) is 4.79 Å². The van der Waals surface area contributed by atoms with E-state index in [0.717, 1.165) is 13.0 Å². The molecule has 0 unspecified atom stereocenters. The van der Waals surface area contributed by atoms with E-state index in [4.69, 9.17) is 5.73 Å². The Labute approximate surface area is 141 Å². The Morgan fingerprint density at radius 2 is 1.92 bits per heavy atom. The zero-order valence-electron chi connectivity index (χ0n) is 13.7. The monoisotopic (exact) mass is 335 g/mol. The van der Waals surface area contributed by atoms with Crippen molar-refractivity contribution in [2.45, 2.75) is 31.3 Å². The molecule has 0 saturated carbocycles. The normalized spacial score (nSPS) is 21.9. The number of aliphatic hydroxyl groups excluding tert-OH is 1. The lowest BCUT2D eigenvalue weighted by atomic mass is 9.96. The summed E-state index contributed by atoms with van der Waals surface area (Å²) in [5, 5.41) is 22.1. The number of carbonyl (C=O) groups excluding carboxylic acids is 2. The van der Waals surface area contributed by atoms with E-state index in [9.17, 15) is 19.8 Å². The number of amides is 2. The van der Waals surface area contributed by atoms with Crippen molar-refractivity contribution < 1.29 is 19.8 Å². The summed E-state index contributed by atoms with van der Waals surface area (Å²) in [7, 11) is 0. The molecule has 2 rings (SSSR count). The molecule has 1 atom stereocenters. The first-order chi connectivity index (χ1) is 11.4. The largest absolute Gasteiger partial charge is 0.393 e. The van der Waals surface area contributed by atoms with Crippen molar-refractivity contribution in [3.8, 4) is 0 Å². The van der Waals surface area contributed by atoms with Crippen LogP contribution in [0.25, 0.3) is 0 Å². The van der Waals surface area contributed by atoms with Crippen LogP contribution in [0.15, 0.2) is 24.3 Å². The molecule has 7 nitrogen and oxygen atoms in total. The molecule has 5 N–H and O–H groups in total. The highest BCUT2D eigenvalue weighted by Crippen LogP contribution is 2.21. The minimum absolute atomic E-state index is 0.108. The second-order valence-corrected chi connectivity index (χ2v) is 6.32. The third-order valence-corrected chi connectivity index (χ3v) is 4.41. The van der Waals surface area contributed by atoms with Gasteiger partial charge >= 0.3 is 0 Å². The van der Waals surface area contributed by atoms with Crippen molar-refractivity contribution in [2.75, 3.05) is 31.6 Å². The number of nitrogens with one attached hydrogen (secondary N) is 1. The Hall–Kier alpha value is -1.96. The molecule has 24 heavy (non-hydrogen) atoms. The summed E-state index contributed by atoms with van der Waals surface area (Å²) >= 11 is 0. The highest BCUT2D eigenvalue weighted by atomic mass is 16.3. The number of anilines is 1. The van der Waals surface area contributed by atoms with E-state index in [-0.39, 0.29) is 12.5 Å². The van der Waals surface area contributed by atoms with Gasteiger partial charge in [-0.15, -0.1) is 0 Å². The third kappa shape index (κ3) is 5.30. The maximum atomic E-state index is 12.0. The van der Waals surface area contributed by atoms with Gasteiger partial charge < -0.3 is 26.2 Å². The number of hydrogen-bond acceptors (Lipinski definition) is 5. The van der Waals surface area contributed by atoms with Crippen molar-refractivity contribution in [1.82, 2.24) is 4.90 Å². The lowest BCUT2D eigenvalue weighted by molar-refractivity contribution is -0.116. The number of nitrogens with two attached hydrogens (primary N) is 1. The number of carbonyl (C=O) groups is 2. The quantitative estimate of drug-likeness (QED) is 0.598. The second-order valence-electron chi connectivity index (χ2n) is 6.32. The van der Waals surface area contributed by atoms with E-state index in [2.05, 4.69) is 10.2 Å². The van der Waals surface area contributed by atoms with Crippen molar-refractivity contribution in [3.63, 3.8) is 0 Å². The average molecular weight is 335 g/mol. The van der Waals surface area contributed by atoms with Crippen molar-refractivity contribution >= 4 is 17.5 Å². The van der Waals surface area contributed by atoms with E-state index >= 15 is 0 Å². The Morgan fingerprint density at radius 1 is 1.21 bits per heavy atom. The zero-order chi connectivity index (χ0) is 17.6. The molecule has 0 bridgehead atoms. The van der Waals surface area contributed by atoms with Crippen molar-refractivity contribution in [3.05, 3.63) is 29.8 Å². The summed E-state index contributed by atoms with van der Waals surface area (Å²) in [6.07, 6.45) is 2.24. The van der Waals surface area contributed by atoms with E-state index in [1.165, 1.54) is 0 Å². The Balaban J connectivity index is 1.77. The Kier molecular flexibility index (Phi) is 6.30. The molecule has 7 heteroatoms. The van der Waals surface area contributed by atoms with Gasteiger partial charge in [0.25, 0.3) is 0 Å². The Morgan fingerprint density at radius 3 is 2.54 bits per heavy atom. The van der Waals surface area contributed by atoms with Gasteiger partial charge in [-0.25, -0.2) is 0 Å². The lowest BCUT2D eigenvalue weighted by Gasteiger charge is -2.24. The predicted molar refractivity (Wildman–Crippen MR) is 90.5 cm³/mol. The fraction of sp³-hybridized carbons (Fsp3) is 0.529. The second kappa shape index (κ2) is 8.23. The van der Waals surface area contributed by atoms with E-state index in [0.29, 0.717) is 43.6 Å². The lowest BCUT2D eigenvalue weighted by Crippen LogP contribution is -2.35. The summed E-state index contributed by atoms with van der Waals surface area (Å²) in [5.41, 5.74) is 5.20. The molecule has 1 heterocycles. The highest BCUT2D eigenvalue weighted by Gasteiger charge is 2.29. The van der Waals surface area contributed by atoms with Crippen molar-refractivity contribution in [2.24, 2.45) is 5.73 Å². The van der Waals surface area contributed by atoms with Gasteiger partial charge in [0, 0.05) is 30.8 Å². The number of likely N-dealkylation sites (tertiary alicyclic amines) is 1. The average Bonchev–Trinajstić information content (AvgIpc) is 2.76. The maximum absolute atomic E-state index is 12.0. The van der Waals surface area contributed by atoms with Crippen LogP contribution in [0.1, 0.15) is 36.0 Å². The van der Waals surface area contributed by atoms with Gasteiger partial charge in [-0.1, -0.05) is 0 Å². The zero-order valence-corrected chi connectivity index (χ0v) is 13.7. The summed E-state index contributed by atoms with van der Waals surface area (Å²) < 4.78 is 0. The first-order valence-corrected chi connectivity index (χ1v) is 8.17. The molecule has 1 aromatic rings. The molecule has 0 spiro atoms. The van der Waals surface area contributed by atoms with Crippen LogP contribution in [-0.4, -0.2) is 58.8 Å². The van der Waals surface area contributed by atoms with Gasteiger partial charge in [0.15, 0.2) is 0 Å². The molecule has 0 aliphatic carbocycles. The van der Waals surface area contributed by atoms with Crippen LogP contribution >= 0.6 is 0 Å². The minimum Gasteiger partial charge on any atom is -0.393 e. The van der Waals surface area contributed by atoms with Crippen LogP contribution in [0.5, 0.6) is 0 Å². The molecule has 1 saturated heterocycles. The summed E-state index contributed by atoms with van der Waals surface area (Å²) in [5.74, 6) is -0.611. The molecule has 0 radical (unpaired) electrons. The molecule has 1 fully saturated rings. The molecule has 0 aromatic heterocycles. The van der Waals surface area contributed by atoms with Crippen LogP contribution < -0.4 is 11.1 Å². The van der Waals surface area contributed by atoms with E-state index < -0.39 is 11.5 Å². The molecule has 1 aromatic carbocycles. The first kappa shape index (κ1) is 18.4. The number of benzene rings is 1. The van der Waals surface area contributed by atoms with Gasteiger partial charge in [-0.05, 0) is 50.1 Å². The number of nitrogens with zero attached hydrogens (tertiary/aromatic N) is 1. The number of primary amides is 1. The van der Waals surface area contributed by atoms with Gasteiger partial charge in [-0.2, -0.15) is 0 Å². The van der Waals surface area contributed by atoms with E-state index in [1.54, 1.807) is 24.3 Å². The Bertz CT molecular complexity index is 576.